The minimum absolute atomic E-state index is 0.119. The van der Waals surface area contributed by atoms with E-state index >= 15 is 0 Å². The average molecular weight is 340 g/mol. The third-order valence-electron chi connectivity index (χ3n) is 4.57. The van der Waals surface area contributed by atoms with E-state index in [0.29, 0.717) is 35.3 Å². The maximum Gasteiger partial charge on any atom is 0.251 e. The molecular formula is C16H18ClNO5. The fraction of sp³-hybridized carbons (Fsp3) is 0.562. The second-order valence-electron chi connectivity index (χ2n) is 5.97. The zero-order chi connectivity index (χ0) is 15.9. The molecule has 2 heterocycles. The lowest BCUT2D eigenvalue weighted by Crippen LogP contribution is -2.55. The zero-order valence-electron chi connectivity index (χ0n) is 12.6. The molecule has 1 aromatic carbocycles. The van der Waals surface area contributed by atoms with Gasteiger partial charge in [0.05, 0.1) is 24.3 Å². The van der Waals surface area contributed by atoms with Crippen LogP contribution in [0.15, 0.2) is 12.1 Å². The Morgan fingerprint density at radius 3 is 2.87 bits per heavy atom. The molecule has 0 unspecified atom stereocenters. The van der Waals surface area contributed by atoms with Crippen LogP contribution in [0.5, 0.6) is 11.5 Å². The molecule has 1 aliphatic carbocycles. The van der Waals surface area contributed by atoms with Gasteiger partial charge in [-0.15, -0.1) is 0 Å². The summed E-state index contributed by atoms with van der Waals surface area (Å²) < 4.78 is 22.2. The van der Waals surface area contributed by atoms with Gasteiger partial charge in [0.15, 0.2) is 17.3 Å². The summed E-state index contributed by atoms with van der Waals surface area (Å²) in [5.41, 5.74) is 0.443. The molecule has 0 aromatic heterocycles. The lowest BCUT2D eigenvalue weighted by atomic mass is 9.88. The van der Waals surface area contributed by atoms with E-state index in [1.54, 1.807) is 12.1 Å². The van der Waals surface area contributed by atoms with Crippen LogP contribution in [0.25, 0.3) is 0 Å². The minimum atomic E-state index is -0.673. The number of fused-ring (bicyclic) bond motifs is 1. The molecule has 1 aromatic rings. The number of ether oxygens (including phenoxy) is 4. The van der Waals surface area contributed by atoms with Gasteiger partial charge in [0.2, 0.25) is 6.79 Å². The molecule has 23 heavy (non-hydrogen) atoms. The number of nitrogens with one attached hydrogen (secondary N) is 1. The van der Waals surface area contributed by atoms with E-state index in [1.807, 2.05) is 0 Å². The van der Waals surface area contributed by atoms with Crippen LogP contribution in [0.4, 0.5) is 0 Å². The molecule has 3 aliphatic rings. The van der Waals surface area contributed by atoms with Crippen molar-refractivity contribution in [2.75, 3.05) is 20.0 Å². The van der Waals surface area contributed by atoms with Gasteiger partial charge in [0, 0.05) is 12.0 Å². The molecule has 4 rings (SSSR count). The van der Waals surface area contributed by atoms with Gasteiger partial charge < -0.3 is 24.3 Å². The topological polar surface area (TPSA) is 66.0 Å². The molecule has 1 amide bonds. The SMILES string of the molecule is O=C(N[C@H]1CCCCC12OCCO2)c1cc(Cl)c2c(c1)OCO2. The molecule has 1 atom stereocenters. The van der Waals surface area contributed by atoms with Gasteiger partial charge in [-0.2, -0.15) is 0 Å². The summed E-state index contributed by atoms with van der Waals surface area (Å²) in [4.78, 5) is 12.6. The largest absolute Gasteiger partial charge is 0.454 e. The van der Waals surface area contributed by atoms with Crippen LogP contribution in [0, 0.1) is 0 Å². The minimum Gasteiger partial charge on any atom is -0.454 e. The summed E-state index contributed by atoms with van der Waals surface area (Å²) in [6, 6.07) is 3.08. The predicted molar refractivity (Wildman–Crippen MR) is 81.9 cm³/mol. The van der Waals surface area contributed by atoms with Crippen molar-refractivity contribution < 1.29 is 23.7 Å². The summed E-state index contributed by atoms with van der Waals surface area (Å²) in [5, 5.41) is 3.41. The summed E-state index contributed by atoms with van der Waals surface area (Å²) in [7, 11) is 0. The Hall–Kier alpha value is -1.50. The Kier molecular flexibility index (Phi) is 3.83. The summed E-state index contributed by atoms with van der Waals surface area (Å²) in [6.07, 6.45) is 3.73. The van der Waals surface area contributed by atoms with Crippen LogP contribution in [-0.4, -0.2) is 37.7 Å². The Balaban J connectivity index is 1.54. The highest BCUT2D eigenvalue weighted by atomic mass is 35.5. The number of halogens is 1. The van der Waals surface area contributed by atoms with Crippen molar-refractivity contribution in [3.63, 3.8) is 0 Å². The molecule has 6 nitrogen and oxygen atoms in total. The quantitative estimate of drug-likeness (QED) is 0.896. The average Bonchev–Trinajstić information content (AvgIpc) is 3.19. The Labute approximate surface area is 139 Å². The van der Waals surface area contributed by atoms with Gasteiger partial charge in [0.1, 0.15) is 0 Å². The van der Waals surface area contributed by atoms with Gasteiger partial charge >= 0.3 is 0 Å². The van der Waals surface area contributed by atoms with Crippen molar-refractivity contribution in [3.05, 3.63) is 22.7 Å². The Morgan fingerprint density at radius 2 is 2.04 bits per heavy atom. The van der Waals surface area contributed by atoms with E-state index in [9.17, 15) is 4.79 Å². The maximum absolute atomic E-state index is 12.6. The van der Waals surface area contributed by atoms with Crippen LogP contribution in [0.3, 0.4) is 0 Å². The lowest BCUT2D eigenvalue weighted by molar-refractivity contribution is -0.192. The number of benzene rings is 1. The first-order valence-corrected chi connectivity index (χ1v) is 8.24. The molecule has 7 heteroatoms. The highest BCUT2D eigenvalue weighted by Gasteiger charge is 2.46. The van der Waals surface area contributed by atoms with E-state index in [2.05, 4.69) is 5.32 Å². The molecular weight excluding hydrogens is 322 g/mol. The van der Waals surface area contributed by atoms with Crippen molar-refractivity contribution in [3.8, 4) is 11.5 Å². The molecule has 2 aliphatic heterocycles. The number of carbonyl (C=O) groups is 1. The van der Waals surface area contributed by atoms with Crippen LogP contribution in [0.2, 0.25) is 5.02 Å². The number of hydrogen-bond acceptors (Lipinski definition) is 5. The summed E-state index contributed by atoms with van der Waals surface area (Å²) >= 11 is 6.15. The number of amides is 1. The molecule has 0 radical (unpaired) electrons. The van der Waals surface area contributed by atoms with Gasteiger partial charge in [0.25, 0.3) is 5.91 Å². The molecule has 0 bridgehead atoms. The molecule has 2 fully saturated rings. The van der Waals surface area contributed by atoms with E-state index in [0.717, 1.165) is 25.7 Å². The molecule has 124 valence electrons. The van der Waals surface area contributed by atoms with Crippen LogP contribution in [-0.2, 0) is 9.47 Å². The maximum atomic E-state index is 12.6. The fourth-order valence-corrected chi connectivity index (χ4v) is 3.72. The molecule has 1 N–H and O–H groups in total. The van der Waals surface area contributed by atoms with Crippen LogP contribution in [0.1, 0.15) is 36.0 Å². The summed E-state index contributed by atoms with van der Waals surface area (Å²) in [5.74, 6) is 0.0957. The summed E-state index contributed by atoms with van der Waals surface area (Å²) in [6.45, 7) is 1.26. The van der Waals surface area contributed by atoms with Crippen LogP contribution < -0.4 is 14.8 Å². The number of hydrogen-bond donors (Lipinski definition) is 1. The standard InChI is InChI=1S/C16H18ClNO5/c17-11-7-10(8-12-14(11)21-9-20-12)15(19)18-13-3-1-2-4-16(13)22-5-6-23-16/h7-8,13H,1-6,9H2,(H,18,19)/t13-/m0/s1. The van der Waals surface area contributed by atoms with Crippen molar-refractivity contribution in [1.82, 2.24) is 5.32 Å². The first kappa shape index (κ1) is 15.1. The van der Waals surface area contributed by atoms with Gasteiger partial charge in [-0.3, -0.25) is 4.79 Å². The zero-order valence-corrected chi connectivity index (χ0v) is 13.4. The number of carbonyl (C=O) groups excluding carboxylic acids is 1. The predicted octanol–water partition coefficient (Wildman–Crippen LogP) is 2.48. The van der Waals surface area contributed by atoms with E-state index in [1.165, 1.54) is 0 Å². The van der Waals surface area contributed by atoms with Gasteiger partial charge in [-0.1, -0.05) is 18.0 Å². The molecule has 1 spiro atoms. The fourth-order valence-electron chi connectivity index (χ4n) is 3.45. The second kappa shape index (κ2) is 5.85. The normalized spacial score (nSPS) is 24.8. The smallest absolute Gasteiger partial charge is 0.251 e. The van der Waals surface area contributed by atoms with Crippen molar-refractivity contribution >= 4 is 17.5 Å². The molecule has 1 saturated heterocycles. The van der Waals surface area contributed by atoms with E-state index < -0.39 is 5.79 Å². The van der Waals surface area contributed by atoms with Gasteiger partial charge in [-0.25, -0.2) is 0 Å². The lowest BCUT2D eigenvalue weighted by Gasteiger charge is -2.39. The van der Waals surface area contributed by atoms with E-state index in [4.69, 9.17) is 30.5 Å². The third-order valence-corrected chi connectivity index (χ3v) is 4.85. The Bertz CT molecular complexity index is 629. The van der Waals surface area contributed by atoms with Crippen molar-refractivity contribution in [1.29, 1.82) is 0 Å². The van der Waals surface area contributed by atoms with Crippen molar-refractivity contribution in [2.24, 2.45) is 0 Å². The second-order valence-corrected chi connectivity index (χ2v) is 6.38. The third kappa shape index (κ3) is 2.65. The Morgan fingerprint density at radius 1 is 1.22 bits per heavy atom. The molecule has 1 saturated carbocycles. The number of rotatable bonds is 2. The van der Waals surface area contributed by atoms with Crippen LogP contribution >= 0.6 is 11.6 Å². The monoisotopic (exact) mass is 339 g/mol. The first-order chi connectivity index (χ1) is 11.2. The highest BCUT2D eigenvalue weighted by Crippen LogP contribution is 2.40. The van der Waals surface area contributed by atoms with Crippen molar-refractivity contribution in [2.45, 2.75) is 37.5 Å². The van der Waals surface area contributed by atoms with Gasteiger partial charge in [-0.05, 0) is 25.0 Å². The highest BCUT2D eigenvalue weighted by molar-refractivity contribution is 6.32. The van der Waals surface area contributed by atoms with E-state index in [-0.39, 0.29) is 18.7 Å². The first-order valence-electron chi connectivity index (χ1n) is 7.86.